The van der Waals surface area contributed by atoms with E-state index in [-0.39, 0.29) is 18.5 Å². The molecular formula is C24H28BrCl2N3O4S. The number of rotatable bonds is 9. The maximum absolute atomic E-state index is 13.6. The van der Waals surface area contributed by atoms with E-state index in [0.717, 1.165) is 40.7 Å². The van der Waals surface area contributed by atoms with Crippen molar-refractivity contribution in [3.63, 3.8) is 0 Å². The highest BCUT2D eigenvalue weighted by molar-refractivity contribution is 9.10. The number of carbonyl (C=O) groups excluding carboxylic acids is 2. The molecule has 35 heavy (non-hydrogen) atoms. The highest BCUT2D eigenvalue weighted by atomic mass is 79.9. The molecule has 2 aromatic rings. The Kier molecular flexibility index (Phi) is 9.48. The fourth-order valence-electron chi connectivity index (χ4n) is 4.03. The van der Waals surface area contributed by atoms with Crippen LogP contribution in [0, 0.1) is 0 Å². The lowest BCUT2D eigenvalue weighted by atomic mass is 10.1. The highest BCUT2D eigenvalue weighted by Crippen LogP contribution is 2.25. The summed E-state index contributed by atoms with van der Waals surface area (Å²) in [4.78, 5) is 28.0. The molecule has 0 heterocycles. The Bertz CT molecular complexity index is 1170. The summed E-state index contributed by atoms with van der Waals surface area (Å²) in [6.45, 7) is 1.25. The standard InChI is InChI=1S/C24H28BrCl2N3O4S/c1-16(24(32)28-19-5-3-4-6-19)29(14-17-7-12-21(26)22(27)13-17)23(31)15-30(35(2,33)34)20-10-8-18(25)9-11-20/h7-13,16,19H,3-6,14-15H2,1-2H3,(H,28,32)/t16-/m1/s1. The zero-order valence-electron chi connectivity index (χ0n) is 19.5. The number of amides is 2. The number of hydrogen-bond acceptors (Lipinski definition) is 4. The monoisotopic (exact) mass is 603 g/mol. The van der Waals surface area contributed by atoms with Crippen LogP contribution >= 0.6 is 39.1 Å². The normalized spacial score (nSPS) is 15.0. The molecule has 0 radical (unpaired) electrons. The quantitative estimate of drug-likeness (QED) is 0.436. The summed E-state index contributed by atoms with van der Waals surface area (Å²) in [5, 5.41) is 3.72. The van der Waals surface area contributed by atoms with Gasteiger partial charge in [0.2, 0.25) is 21.8 Å². The van der Waals surface area contributed by atoms with Crippen LogP contribution in [-0.2, 0) is 26.2 Å². The molecule has 0 aliphatic heterocycles. The first-order valence-electron chi connectivity index (χ1n) is 11.2. The van der Waals surface area contributed by atoms with Crippen molar-refractivity contribution in [2.75, 3.05) is 17.1 Å². The third-order valence-corrected chi connectivity index (χ3v) is 8.41. The average Bonchev–Trinajstić information content (AvgIpc) is 3.30. The van der Waals surface area contributed by atoms with Crippen molar-refractivity contribution in [2.24, 2.45) is 0 Å². The Morgan fingerprint density at radius 3 is 2.29 bits per heavy atom. The zero-order valence-corrected chi connectivity index (χ0v) is 23.4. The molecule has 2 aromatic carbocycles. The molecule has 1 aliphatic carbocycles. The van der Waals surface area contributed by atoms with E-state index in [9.17, 15) is 18.0 Å². The molecule has 11 heteroatoms. The van der Waals surface area contributed by atoms with Crippen LogP contribution in [0.1, 0.15) is 38.2 Å². The summed E-state index contributed by atoms with van der Waals surface area (Å²) in [6, 6.07) is 10.8. The predicted molar refractivity (Wildman–Crippen MR) is 143 cm³/mol. The number of halogens is 3. The number of sulfonamides is 1. The van der Waals surface area contributed by atoms with Gasteiger partial charge < -0.3 is 10.2 Å². The summed E-state index contributed by atoms with van der Waals surface area (Å²) in [7, 11) is -3.78. The summed E-state index contributed by atoms with van der Waals surface area (Å²) in [5.74, 6) is -0.793. The molecule has 1 atom stereocenters. The SMILES string of the molecule is C[C@H](C(=O)NC1CCCC1)N(Cc1ccc(Cl)c(Cl)c1)C(=O)CN(c1ccc(Br)cc1)S(C)(=O)=O. The van der Waals surface area contributed by atoms with Crippen LogP contribution in [0.3, 0.4) is 0 Å². The molecule has 0 bridgehead atoms. The largest absolute Gasteiger partial charge is 0.352 e. The molecule has 3 rings (SSSR count). The van der Waals surface area contributed by atoms with E-state index in [1.165, 1.54) is 4.90 Å². The van der Waals surface area contributed by atoms with Crippen LogP contribution in [0.2, 0.25) is 10.0 Å². The summed E-state index contributed by atoms with van der Waals surface area (Å²) < 4.78 is 27.0. The van der Waals surface area contributed by atoms with Crippen molar-refractivity contribution >= 4 is 66.7 Å². The van der Waals surface area contributed by atoms with Crippen LogP contribution in [0.4, 0.5) is 5.69 Å². The molecule has 0 spiro atoms. The Hall–Kier alpha value is -1.81. The first kappa shape index (κ1) is 27.8. The molecule has 0 saturated heterocycles. The first-order chi connectivity index (χ1) is 16.5. The summed E-state index contributed by atoms with van der Waals surface area (Å²) in [6.07, 6.45) is 4.97. The van der Waals surface area contributed by atoms with Gasteiger partial charge in [-0.15, -0.1) is 0 Å². The number of benzene rings is 2. The van der Waals surface area contributed by atoms with Gasteiger partial charge in [0.25, 0.3) is 0 Å². The van der Waals surface area contributed by atoms with E-state index in [1.807, 2.05) is 0 Å². The van der Waals surface area contributed by atoms with Gasteiger partial charge >= 0.3 is 0 Å². The second-order valence-electron chi connectivity index (χ2n) is 8.68. The number of anilines is 1. The topological polar surface area (TPSA) is 86.8 Å². The van der Waals surface area contributed by atoms with E-state index in [1.54, 1.807) is 49.4 Å². The van der Waals surface area contributed by atoms with Crippen molar-refractivity contribution in [3.8, 4) is 0 Å². The van der Waals surface area contributed by atoms with Crippen molar-refractivity contribution in [1.82, 2.24) is 10.2 Å². The minimum atomic E-state index is -3.78. The van der Waals surface area contributed by atoms with Gasteiger partial charge in [-0.05, 0) is 61.7 Å². The molecule has 7 nitrogen and oxygen atoms in total. The van der Waals surface area contributed by atoms with Crippen molar-refractivity contribution < 1.29 is 18.0 Å². The van der Waals surface area contributed by atoms with Gasteiger partial charge in [-0.3, -0.25) is 13.9 Å². The third kappa shape index (κ3) is 7.59. The van der Waals surface area contributed by atoms with Crippen molar-refractivity contribution in [3.05, 3.63) is 62.5 Å². The zero-order chi connectivity index (χ0) is 25.8. The van der Waals surface area contributed by atoms with Crippen LogP contribution < -0.4 is 9.62 Å². The number of nitrogens with zero attached hydrogens (tertiary/aromatic N) is 2. The van der Waals surface area contributed by atoms with Gasteiger partial charge in [-0.1, -0.05) is 58.0 Å². The second-order valence-corrected chi connectivity index (χ2v) is 12.3. The Labute approximate surface area is 224 Å². The van der Waals surface area contributed by atoms with Crippen molar-refractivity contribution in [2.45, 2.75) is 51.2 Å². The van der Waals surface area contributed by atoms with Crippen LogP contribution in [-0.4, -0.2) is 50.0 Å². The van der Waals surface area contributed by atoms with Gasteiger partial charge in [0.05, 0.1) is 22.0 Å². The third-order valence-electron chi connectivity index (χ3n) is 6.00. The molecule has 1 N–H and O–H groups in total. The van der Waals surface area contributed by atoms with Crippen LogP contribution in [0.25, 0.3) is 0 Å². The molecule has 0 unspecified atom stereocenters. The Morgan fingerprint density at radius 2 is 1.71 bits per heavy atom. The van der Waals surface area contributed by atoms with Gasteiger partial charge in [0.15, 0.2) is 0 Å². The summed E-state index contributed by atoms with van der Waals surface area (Å²) in [5.41, 5.74) is 1.02. The molecule has 190 valence electrons. The number of carbonyl (C=O) groups is 2. The molecule has 1 saturated carbocycles. The van der Waals surface area contributed by atoms with E-state index in [2.05, 4.69) is 21.2 Å². The molecule has 0 aromatic heterocycles. The Balaban J connectivity index is 1.88. The van der Waals surface area contributed by atoms with Crippen LogP contribution in [0.5, 0.6) is 0 Å². The predicted octanol–water partition coefficient (Wildman–Crippen LogP) is 5.00. The van der Waals surface area contributed by atoms with Crippen molar-refractivity contribution in [1.29, 1.82) is 0 Å². The van der Waals surface area contributed by atoms with Gasteiger partial charge in [0.1, 0.15) is 12.6 Å². The Morgan fingerprint density at radius 1 is 1.09 bits per heavy atom. The average molecular weight is 605 g/mol. The lowest BCUT2D eigenvalue weighted by Crippen LogP contribution is -2.52. The van der Waals surface area contributed by atoms with Crippen LogP contribution in [0.15, 0.2) is 46.9 Å². The van der Waals surface area contributed by atoms with E-state index >= 15 is 0 Å². The highest BCUT2D eigenvalue weighted by Gasteiger charge is 2.31. The van der Waals surface area contributed by atoms with E-state index in [4.69, 9.17) is 23.2 Å². The minimum absolute atomic E-state index is 0.0624. The lowest BCUT2D eigenvalue weighted by molar-refractivity contribution is -0.139. The second kappa shape index (κ2) is 12.0. The molecular weight excluding hydrogens is 577 g/mol. The minimum Gasteiger partial charge on any atom is -0.352 e. The lowest BCUT2D eigenvalue weighted by Gasteiger charge is -2.32. The smallest absolute Gasteiger partial charge is 0.244 e. The van der Waals surface area contributed by atoms with Gasteiger partial charge in [0, 0.05) is 17.1 Å². The number of nitrogens with one attached hydrogen (secondary N) is 1. The van der Waals surface area contributed by atoms with Gasteiger partial charge in [-0.2, -0.15) is 0 Å². The molecule has 1 fully saturated rings. The fourth-order valence-corrected chi connectivity index (χ4v) is 5.46. The summed E-state index contributed by atoms with van der Waals surface area (Å²) >= 11 is 15.5. The first-order valence-corrected chi connectivity index (χ1v) is 14.6. The molecule has 2 amide bonds. The number of hydrogen-bond donors (Lipinski definition) is 1. The van der Waals surface area contributed by atoms with E-state index < -0.39 is 28.5 Å². The van der Waals surface area contributed by atoms with Gasteiger partial charge in [-0.25, -0.2) is 8.42 Å². The molecule has 1 aliphatic rings. The fraction of sp³-hybridized carbons (Fsp3) is 0.417. The maximum atomic E-state index is 13.6. The van der Waals surface area contributed by atoms with E-state index in [0.29, 0.717) is 21.3 Å². The maximum Gasteiger partial charge on any atom is 0.244 e.